The highest BCUT2D eigenvalue weighted by Crippen LogP contribution is 2.19. The van der Waals surface area contributed by atoms with Gasteiger partial charge in [-0.05, 0) is 53.5 Å². The van der Waals surface area contributed by atoms with E-state index in [1.807, 2.05) is 26.0 Å². The van der Waals surface area contributed by atoms with Gasteiger partial charge in [-0.15, -0.1) is 0 Å². The molecule has 6 heteroatoms. The Morgan fingerprint density at radius 1 is 1.38 bits per heavy atom. The molecule has 1 amide bonds. The molecule has 0 fully saturated rings. The molecule has 0 aromatic carbocycles. The van der Waals surface area contributed by atoms with Crippen LogP contribution in [0.5, 0.6) is 0 Å². The molecular weight excluding hydrogens is 332 g/mol. The largest absolute Gasteiger partial charge is 0.370 e. The predicted octanol–water partition coefficient (Wildman–Crippen LogP) is 3.16. The molecule has 0 aliphatic heterocycles. The summed E-state index contributed by atoms with van der Waals surface area (Å²) in [4.78, 5) is 20.7. The van der Waals surface area contributed by atoms with Crippen molar-refractivity contribution in [3.63, 3.8) is 0 Å². The van der Waals surface area contributed by atoms with E-state index < -0.39 is 0 Å². The molecule has 0 saturated heterocycles. The summed E-state index contributed by atoms with van der Waals surface area (Å²) >= 11 is 3.35. The lowest BCUT2D eigenvalue weighted by Crippen LogP contribution is -2.27. The van der Waals surface area contributed by atoms with Gasteiger partial charge in [0.2, 0.25) is 0 Å². The summed E-state index contributed by atoms with van der Waals surface area (Å²) in [6.07, 6.45) is 5.09. The normalized spacial score (nSPS) is 11.8. The second kappa shape index (κ2) is 7.17. The molecule has 0 aliphatic carbocycles. The molecule has 5 nitrogen and oxygen atoms in total. The lowest BCUT2D eigenvalue weighted by atomic mass is 10.1. The van der Waals surface area contributed by atoms with Crippen molar-refractivity contribution < 1.29 is 4.79 Å². The minimum absolute atomic E-state index is 0.103. The molecule has 2 N–H and O–H groups in total. The number of nitrogens with zero attached hydrogens (tertiary/aromatic N) is 2. The van der Waals surface area contributed by atoms with Crippen molar-refractivity contribution in [3.05, 3.63) is 52.4 Å². The number of halogens is 1. The summed E-state index contributed by atoms with van der Waals surface area (Å²) in [5, 5.41) is 6.07. The van der Waals surface area contributed by atoms with E-state index in [2.05, 4.69) is 36.5 Å². The van der Waals surface area contributed by atoms with E-state index in [9.17, 15) is 4.79 Å². The van der Waals surface area contributed by atoms with Crippen LogP contribution in [-0.4, -0.2) is 22.4 Å². The van der Waals surface area contributed by atoms with Crippen molar-refractivity contribution in [2.75, 3.05) is 11.9 Å². The van der Waals surface area contributed by atoms with Gasteiger partial charge in [0.15, 0.2) is 0 Å². The number of aromatic nitrogens is 2. The highest BCUT2D eigenvalue weighted by atomic mass is 79.9. The van der Waals surface area contributed by atoms with Gasteiger partial charge in [-0.25, -0.2) is 4.98 Å². The zero-order valence-corrected chi connectivity index (χ0v) is 13.5. The number of pyridine rings is 2. The molecule has 2 rings (SSSR count). The SMILES string of the molecule is CCNc1ncc(Br)cc1C(=O)NC(C)c1ccncc1. The first kappa shape index (κ1) is 15.4. The molecule has 21 heavy (non-hydrogen) atoms. The van der Waals surface area contributed by atoms with Crippen molar-refractivity contribution in [3.8, 4) is 0 Å². The van der Waals surface area contributed by atoms with Crippen LogP contribution in [0.15, 0.2) is 41.3 Å². The van der Waals surface area contributed by atoms with Crippen LogP contribution >= 0.6 is 15.9 Å². The Kier molecular flexibility index (Phi) is 5.27. The van der Waals surface area contributed by atoms with E-state index in [-0.39, 0.29) is 11.9 Å². The highest BCUT2D eigenvalue weighted by Gasteiger charge is 2.16. The highest BCUT2D eigenvalue weighted by molar-refractivity contribution is 9.10. The zero-order chi connectivity index (χ0) is 15.2. The molecule has 110 valence electrons. The van der Waals surface area contributed by atoms with Gasteiger partial charge >= 0.3 is 0 Å². The molecule has 0 radical (unpaired) electrons. The Morgan fingerprint density at radius 2 is 2.10 bits per heavy atom. The maximum absolute atomic E-state index is 12.4. The Balaban J connectivity index is 2.18. The van der Waals surface area contributed by atoms with Gasteiger partial charge in [0.25, 0.3) is 5.91 Å². The molecule has 0 aliphatic rings. The van der Waals surface area contributed by atoms with E-state index in [1.54, 1.807) is 24.7 Å². The fourth-order valence-corrected chi connectivity index (χ4v) is 2.26. The van der Waals surface area contributed by atoms with Crippen LogP contribution in [0.4, 0.5) is 5.82 Å². The standard InChI is InChI=1S/C15H17BrN4O/c1-3-18-14-13(8-12(16)9-19-14)15(21)20-10(2)11-4-6-17-7-5-11/h4-10H,3H2,1-2H3,(H,18,19)(H,20,21). The molecular formula is C15H17BrN4O. The monoisotopic (exact) mass is 348 g/mol. The smallest absolute Gasteiger partial charge is 0.255 e. The first-order valence-corrected chi connectivity index (χ1v) is 7.51. The van der Waals surface area contributed by atoms with E-state index in [1.165, 1.54) is 0 Å². The van der Waals surface area contributed by atoms with Crippen molar-refractivity contribution in [2.24, 2.45) is 0 Å². The quantitative estimate of drug-likeness (QED) is 0.870. The molecule has 1 atom stereocenters. The lowest BCUT2D eigenvalue weighted by molar-refractivity contribution is 0.0940. The summed E-state index contributed by atoms with van der Waals surface area (Å²) < 4.78 is 0.769. The maximum atomic E-state index is 12.4. The van der Waals surface area contributed by atoms with Crippen molar-refractivity contribution in [1.82, 2.24) is 15.3 Å². The molecule has 1 unspecified atom stereocenters. The van der Waals surface area contributed by atoms with Crippen LogP contribution in [0.3, 0.4) is 0 Å². The number of carbonyl (C=O) groups excluding carboxylic acids is 1. The number of hydrogen-bond donors (Lipinski definition) is 2. The van der Waals surface area contributed by atoms with Crippen molar-refractivity contribution >= 4 is 27.7 Å². The van der Waals surface area contributed by atoms with Crippen LogP contribution in [0.2, 0.25) is 0 Å². The third-order valence-electron chi connectivity index (χ3n) is 3.00. The molecule has 0 bridgehead atoms. The Morgan fingerprint density at radius 3 is 2.76 bits per heavy atom. The summed E-state index contributed by atoms with van der Waals surface area (Å²) in [5.74, 6) is 0.421. The number of amides is 1. The molecule has 2 aromatic heterocycles. The average molecular weight is 349 g/mol. The third-order valence-corrected chi connectivity index (χ3v) is 3.43. The number of carbonyl (C=O) groups is 1. The maximum Gasteiger partial charge on any atom is 0.255 e. The topological polar surface area (TPSA) is 66.9 Å². The minimum Gasteiger partial charge on any atom is -0.370 e. The van der Waals surface area contributed by atoms with Gasteiger partial charge in [-0.1, -0.05) is 0 Å². The second-order valence-electron chi connectivity index (χ2n) is 4.56. The number of rotatable bonds is 5. The van der Waals surface area contributed by atoms with Crippen LogP contribution in [0.1, 0.15) is 35.8 Å². The van der Waals surface area contributed by atoms with Crippen molar-refractivity contribution in [2.45, 2.75) is 19.9 Å². The minimum atomic E-state index is -0.163. The van der Waals surface area contributed by atoms with Gasteiger partial charge < -0.3 is 10.6 Å². The van der Waals surface area contributed by atoms with E-state index in [4.69, 9.17) is 0 Å². The van der Waals surface area contributed by atoms with Crippen molar-refractivity contribution in [1.29, 1.82) is 0 Å². The molecule has 2 heterocycles. The fourth-order valence-electron chi connectivity index (χ4n) is 1.93. The Labute approximate surface area is 132 Å². The zero-order valence-electron chi connectivity index (χ0n) is 11.9. The second-order valence-corrected chi connectivity index (χ2v) is 5.47. The summed E-state index contributed by atoms with van der Waals surface area (Å²) in [6.45, 7) is 4.60. The average Bonchev–Trinajstić information content (AvgIpc) is 2.50. The van der Waals surface area contributed by atoms with Crippen LogP contribution in [0, 0.1) is 0 Å². The van der Waals surface area contributed by atoms with Crippen LogP contribution < -0.4 is 10.6 Å². The van der Waals surface area contributed by atoms with E-state index in [0.29, 0.717) is 17.9 Å². The molecule has 0 spiro atoms. The predicted molar refractivity (Wildman–Crippen MR) is 86.2 cm³/mol. The number of nitrogens with one attached hydrogen (secondary N) is 2. The van der Waals surface area contributed by atoms with Gasteiger partial charge in [0, 0.05) is 29.6 Å². The lowest BCUT2D eigenvalue weighted by Gasteiger charge is -2.16. The van der Waals surface area contributed by atoms with Gasteiger partial charge in [-0.3, -0.25) is 9.78 Å². The Bertz CT molecular complexity index is 618. The summed E-state index contributed by atoms with van der Waals surface area (Å²) in [7, 11) is 0. The van der Waals surface area contributed by atoms with Gasteiger partial charge in [0.05, 0.1) is 11.6 Å². The summed E-state index contributed by atoms with van der Waals surface area (Å²) in [5.41, 5.74) is 1.53. The fraction of sp³-hybridized carbons (Fsp3) is 0.267. The van der Waals surface area contributed by atoms with Gasteiger partial charge in [-0.2, -0.15) is 0 Å². The number of anilines is 1. The molecule has 0 saturated carbocycles. The van der Waals surface area contributed by atoms with Crippen LogP contribution in [-0.2, 0) is 0 Å². The first-order chi connectivity index (χ1) is 10.1. The van der Waals surface area contributed by atoms with E-state index >= 15 is 0 Å². The van der Waals surface area contributed by atoms with Gasteiger partial charge in [0.1, 0.15) is 5.82 Å². The third kappa shape index (κ3) is 4.01. The number of hydrogen-bond acceptors (Lipinski definition) is 4. The summed E-state index contributed by atoms with van der Waals surface area (Å²) in [6, 6.07) is 5.43. The van der Waals surface area contributed by atoms with E-state index in [0.717, 1.165) is 10.0 Å². The molecule has 2 aromatic rings. The van der Waals surface area contributed by atoms with Crippen LogP contribution in [0.25, 0.3) is 0 Å². The first-order valence-electron chi connectivity index (χ1n) is 6.72. The Hall–Kier alpha value is -1.95.